The summed E-state index contributed by atoms with van der Waals surface area (Å²) in [7, 11) is 3.29. The standard InChI is InChI=1S/C23H27N3O4S/c1-23(2,3)25(4)21(27)19-15-9-8-13-11-17(30-5)14(22(28)29)12-16(13)26(15)20(24-19)18-7-6-10-31-18/h6-7,10-12,20,24H,8-9H2,1-5H3,(H,28,29). The number of nitrogens with zero attached hydrogens (tertiary/aromatic N) is 2. The van der Waals surface area contributed by atoms with Gasteiger partial charge in [-0.25, -0.2) is 4.79 Å². The monoisotopic (exact) mass is 441 g/mol. The Balaban J connectivity index is 1.87. The van der Waals surface area contributed by atoms with Crippen molar-refractivity contribution in [3.8, 4) is 5.75 Å². The molecule has 0 fully saturated rings. The number of carbonyl (C=O) groups is 2. The van der Waals surface area contributed by atoms with Gasteiger partial charge in [-0.1, -0.05) is 6.07 Å². The number of amides is 1. The number of aromatic carboxylic acids is 1. The van der Waals surface area contributed by atoms with E-state index in [1.165, 1.54) is 7.11 Å². The number of benzene rings is 1. The number of methoxy groups -OCH3 is 1. The maximum absolute atomic E-state index is 13.4. The SMILES string of the molecule is COc1cc2c(cc1C(=O)O)N1C(=C(C(=O)N(C)C(C)(C)C)NC1c1cccs1)CC2. The highest BCUT2D eigenvalue weighted by Crippen LogP contribution is 2.46. The van der Waals surface area contributed by atoms with Crippen LogP contribution < -0.4 is 15.0 Å². The van der Waals surface area contributed by atoms with Crippen molar-refractivity contribution in [2.24, 2.45) is 0 Å². The number of thiophene rings is 1. The molecule has 0 saturated heterocycles. The summed E-state index contributed by atoms with van der Waals surface area (Å²) in [6.45, 7) is 6.00. The van der Waals surface area contributed by atoms with Crippen LogP contribution in [0.1, 0.15) is 54.2 Å². The quantitative estimate of drug-likeness (QED) is 0.747. The van der Waals surface area contributed by atoms with Gasteiger partial charge in [0.2, 0.25) is 0 Å². The van der Waals surface area contributed by atoms with Crippen LogP contribution in [-0.2, 0) is 11.2 Å². The van der Waals surface area contributed by atoms with Crippen molar-refractivity contribution in [3.63, 3.8) is 0 Å². The lowest BCUT2D eigenvalue weighted by Gasteiger charge is -2.34. The van der Waals surface area contributed by atoms with Gasteiger partial charge in [-0.15, -0.1) is 11.3 Å². The van der Waals surface area contributed by atoms with E-state index in [2.05, 4.69) is 10.2 Å². The molecule has 8 heteroatoms. The summed E-state index contributed by atoms with van der Waals surface area (Å²) in [5.41, 5.74) is 3.06. The van der Waals surface area contributed by atoms with Crippen molar-refractivity contribution in [1.82, 2.24) is 10.2 Å². The first-order valence-corrected chi connectivity index (χ1v) is 11.1. The minimum Gasteiger partial charge on any atom is -0.496 e. The Bertz CT molecular complexity index is 1070. The van der Waals surface area contributed by atoms with Crippen LogP contribution >= 0.6 is 11.3 Å². The molecule has 0 bridgehead atoms. The third-order valence-corrected chi connectivity index (χ3v) is 6.90. The van der Waals surface area contributed by atoms with Crippen molar-refractivity contribution < 1.29 is 19.4 Å². The fourth-order valence-corrected chi connectivity index (χ4v) is 4.78. The van der Waals surface area contributed by atoms with Crippen molar-refractivity contribution in [1.29, 1.82) is 0 Å². The number of nitrogens with one attached hydrogen (secondary N) is 1. The molecule has 1 aromatic heterocycles. The third-order valence-electron chi connectivity index (χ3n) is 5.98. The Morgan fingerprint density at radius 2 is 2.03 bits per heavy atom. The number of aryl methyl sites for hydroxylation is 1. The number of ether oxygens (including phenoxy) is 1. The van der Waals surface area contributed by atoms with Crippen molar-refractivity contribution in [3.05, 3.63) is 57.0 Å². The van der Waals surface area contributed by atoms with Gasteiger partial charge in [0.05, 0.1) is 7.11 Å². The summed E-state index contributed by atoms with van der Waals surface area (Å²) in [4.78, 5) is 30.2. The van der Waals surface area contributed by atoms with Gasteiger partial charge in [0.25, 0.3) is 5.91 Å². The smallest absolute Gasteiger partial charge is 0.339 e. The fourth-order valence-electron chi connectivity index (χ4n) is 4.02. The second-order valence-corrected chi connectivity index (χ2v) is 9.75. The van der Waals surface area contributed by atoms with Gasteiger partial charge in [-0.05, 0) is 62.8 Å². The molecule has 1 atom stereocenters. The molecule has 0 radical (unpaired) electrons. The van der Waals surface area contributed by atoms with Crippen LogP contribution in [0.2, 0.25) is 0 Å². The van der Waals surface area contributed by atoms with Gasteiger partial charge < -0.3 is 25.0 Å². The van der Waals surface area contributed by atoms with E-state index in [1.54, 1.807) is 22.3 Å². The summed E-state index contributed by atoms with van der Waals surface area (Å²) in [6.07, 6.45) is 1.11. The van der Waals surface area contributed by atoms with Gasteiger partial charge >= 0.3 is 5.97 Å². The van der Waals surface area contributed by atoms with Crippen LogP contribution in [0.15, 0.2) is 41.0 Å². The molecule has 3 heterocycles. The number of fused-ring (bicyclic) bond motifs is 3. The van der Waals surface area contributed by atoms with Gasteiger partial charge in [0, 0.05) is 28.8 Å². The predicted octanol–water partition coefficient (Wildman–Crippen LogP) is 3.98. The Labute approximate surface area is 185 Å². The van der Waals surface area contributed by atoms with Crippen LogP contribution in [0.4, 0.5) is 5.69 Å². The predicted molar refractivity (Wildman–Crippen MR) is 120 cm³/mol. The van der Waals surface area contributed by atoms with E-state index in [0.717, 1.165) is 21.8 Å². The summed E-state index contributed by atoms with van der Waals surface area (Å²) < 4.78 is 5.33. The van der Waals surface area contributed by atoms with E-state index in [9.17, 15) is 14.7 Å². The lowest BCUT2D eigenvalue weighted by molar-refractivity contribution is -0.130. The molecule has 0 spiro atoms. The van der Waals surface area contributed by atoms with E-state index in [0.29, 0.717) is 24.3 Å². The lowest BCUT2D eigenvalue weighted by Crippen LogP contribution is -2.45. The molecule has 0 saturated carbocycles. The minimum absolute atomic E-state index is 0.0676. The number of hydrogen-bond acceptors (Lipinski definition) is 6. The molecule has 164 valence electrons. The molecule has 31 heavy (non-hydrogen) atoms. The number of carbonyl (C=O) groups excluding carboxylic acids is 1. The fraction of sp³-hybridized carbons (Fsp3) is 0.391. The van der Waals surface area contributed by atoms with Crippen LogP contribution in [-0.4, -0.2) is 41.6 Å². The number of carboxylic acids is 1. The molecular weight excluding hydrogens is 414 g/mol. The molecule has 2 N–H and O–H groups in total. The zero-order valence-corrected chi connectivity index (χ0v) is 19.2. The van der Waals surface area contributed by atoms with E-state index >= 15 is 0 Å². The second kappa shape index (κ2) is 7.60. The molecule has 7 nitrogen and oxygen atoms in total. The number of carboxylic acid groups (broad SMARTS) is 1. The van der Waals surface area contributed by atoms with Crippen molar-refractivity contribution >= 4 is 28.9 Å². The summed E-state index contributed by atoms with van der Waals surface area (Å²) in [6, 6.07) is 7.47. The van der Waals surface area contributed by atoms with Crippen LogP contribution in [0.25, 0.3) is 0 Å². The highest BCUT2D eigenvalue weighted by Gasteiger charge is 2.42. The molecular formula is C23H27N3O4S. The highest BCUT2D eigenvalue weighted by atomic mass is 32.1. The Morgan fingerprint density at radius 1 is 1.29 bits per heavy atom. The Hall–Kier alpha value is -3.00. The molecule has 0 aliphatic carbocycles. The second-order valence-electron chi connectivity index (χ2n) is 8.78. The average molecular weight is 442 g/mol. The van der Waals surface area contributed by atoms with Crippen LogP contribution in [0.3, 0.4) is 0 Å². The average Bonchev–Trinajstić information content (AvgIpc) is 3.38. The Morgan fingerprint density at radius 3 is 2.61 bits per heavy atom. The molecule has 1 amide bonds. The molecule has 2 aromatic rings. The molecule has 4 rings (SSSR count). The number of allylic oxidation sites excluding steroid dienone is 1. The van der Waals surface area contributed by atoms with Crippen LogP contribution in [0, 0.1) is 0 Å². The first kappa shape index (κ1) is 21.2. The first-order chi connectivity index (χ1) is 14.6. The molecule has 2 aliphatic rings. The topological polar surface area (TPSA) is 82.1 Å². The van der Waals surface area contributed by atoms with Gasteiger partial charge in [0.15, 0.2) is 0 Å². The van der Waals surface area contributed by atoms with Crippen molar-refractivity contribution in [2.75, 3.05) is 19.1 Å². The molecule has 1 unspecified atom stereocenters. The minimum atomic E-state index is -1.04. The maximum Gasteiger partial charge on any atom is 0.339 e. The van der Waals surface area contributed by atoms with Gasteiger partial charge in [-0.2, -0.15) is 0 Å². The number of likely N-dealkylation sites (N-methyl/N-ethyl adjacent to an activating group) is 1. The zero-order chi connectivity index (χ0) is 22.5. The number of rotatable bonds is 4. The summed E-state index contributed by atoms with van der Waals surface area (Å²) >= 11 is 1.60. The highest BCUT2D eigenvalue weighted by molar-refractivity contribution is 7.10. The molecule has 2 aliphatic heterocycles. The third kappa shape index (κ3) is 3.54. The van der Waals surface area contributed by atoms with E-state index in [4.69, 9.17) is 4.74 Å². The van der Waals surface area contributed by atoms with E-state index in [1.807, 2.05) is 51.4 Å². The largest absolute Gasteiger partial charge is 0.496 e. The van der Waals surface area contributed by atoms with E-state index < -0.39 is 5.97 Å². The lowest BCUT2D eigenvalue weighted by atomic mass is 9.95. The summed E-state index contributed by atoms with van der Waals surface area (Å²) in [5.74, 6) is -0.761. The normalized spacial score (nSPS) is 17.7. The Kier molecular flexibility index (Phi) is 5.21. The van der Waals surface area contributed by atoms with Crippen LogP contribution in [0.5, 0.6) is 5.75 Å². The van der Waals surface area contributed by atoms with Gasteiger partial charge in [0.1, 0.15) is 23.2 Å². The molecule has 1 aromatic carbocycles. The maximum atomic E-state index is 13.4. The number of hydrogen-bond donors (Lipinski definition) is 2. The van der Waals surface area contributed by atoms with E-state index in [-0.39, 0.29) is 23.2 Å². The summed E-state index contributed by atoms with van der Waals surface area (Å²) in [5, 5.41) is 15.2. The number of anilines is 1. The van der Waals surface area contributed by atoms with Crippen molar-refractivity contribution in [2.45, 2.75) is 45.3 Å². The first-order valence-electron chi connectivity index (χ1n) is 10.2. The zero-order valence-electron chi connectivity index (χ0n) is 18.4. The van der Waals surface area contributed by atoms with Gasteiger partial charge in [-0.3, -0.25) is 4.79 Å².